The average Bonchev–Trinajstić information content (AvgIpc) is 2.15. The number of para-hydroxylation sites is 1. The number of hydrogen-bond acceptors (Lipinski definition) is 1. The number of hydrogen-bond donors (Lipinski definition) is 0. The summed E-state index contributed by atoms with van der Waals surface area (Å²) in [5, 5.41) is 0. The standard InChI is InChI=1S/C10H10FNO/c1-12-7-6-8-4-3-5-9(11)10(8)13-2/h3-5H,6-7H2,2H3. The van der Waals surface area contributed by atoms with Crippen molar-refractivity contribution in [1.29, 1.82) is 0 Å². The lowest BCUT2D eigenvalue weighted by Gasteiger charge is -2.06. The van der Waals surface area contributed by atoms with Gasteiger partial charge in [-0.3, -0.25) is 0 Å². The van der Waals surface area contributed by atoms with Crippen LogP contribution in [-0.4, -0.2) is 13.7 Å². The third-order valence-electron chi connectivity index (χ3n) is 1.75. The molecule has 3 heteroatoms. The first-order chi connectivity index (χ1) is 6.29. The summed E-state index contributed by atoms with van der Waals surface area (Å²) in [6.07, 6.45) is 0.532. The second-order valence-electron chi connectivity index (χ2n) is 2.56. The number of nitrogens with zero attached hydrogens (tertiary/aromatic N) is 1. The summed E-state index contributed by atoms with van der Waals surface area (Å²) >= 11 is 0. The second-order valence-corrected chi connectivity index (χ2v) is 2.56. The maximum absolute atomic E-state index is 13.1. The van der Waals surface area contributed by atoms with Gasteiger partial charge in [-0.05, 0) is 6.07 Å². The quantitative estimate of drug-likeness (QED) is 0.649. The van der Waals surface area contributed by atoms with E-state index in [4.69, 9.17) is 11.3 Å². The summed E-state index contributed by atoms with van der Waals surface area (Å²) in [5.74, 6) is -0.115. The minimum Gasteiger partial charge on any atom is -0.493 e. The second kappa shape index (κ2) is 4.46. The van der Waals surface area contributed by atoms with Crippen molar-refractivity contribution in [3.63, 3.8) is 0 Å². The summed E-state index contributed by atoms with van der Waals surface area (Å²) in [6.45, 7) is 6.98. The van der Waals surface area contributed by atoms with E-state index in [0.29, 0.717) is 13.0 Å². The van der Waals surface area contributed by atoms with E-state index in [9.17, 15) is 4.39 Å². The molecule has 0 unspecified atom stereocenters. The molecule has 68 valence electrons. The fraction of sp³-hybridized carbons (Fsp3) is 0.300. The lowest BCUT2D eigenvalue weighted by atomic mass is 10.1. The van der Waals surface area contributed by atoms with Crippen molar-refractivity contribution in [2.75, 3.05) is 13.7 Å². The van der Waals surface area contributed by atoms with Gasteiger partial charge in [0.2, 0.25) is 6.54 Å². The first kappa shape index (κ1) is 9.53. The first-order valence-corrected chi connectivity index (χ1v) is 3.94. The molecule has 2 nitrogen and oxygen atoms in total. The SMILES string of the molecule is [C-]#[N+]CCc1cccc(F)c1OC. The van der Waals surface area contributed by atoms with Crippen molar-refractivity contribution in [2.45, 2.75) is 6.42 Å². The van der Waals surface area contributed by atoms with Crippen LogP contribution in [0.5, 0.6) is 5.75 Å². The van der Waals surface area contributed by atoms with Crippen molar-refractivity contribution < 1.29 is 9.13 Å². The monoisotopic (exact) mass is 179 g/mol. The highest BCUT2D eigenvalue weighted by molar-refractivity contribution is 5.35. The van der Waals surface area contributed by atoms with Gasteiger partial charge in [-0.1, -0.05) is 12.1 Å². The molecule has 0 atom stereocenters. The van der Waals surface area contributed by atoms with Crippen molar-refractivity contribution in [3.05, 3.63) is 41.0 Å². The molecule has 0 fully saturated rings. The molecule has 0 bridgehead atoms. The van der Waals surface area contributed by atoms with E-state index in [1.807, 2.05) is 0 Å². The number of halogens is 1. The molecule has 0 heterocycles. The molecule has 0 N–H and O–H groups in total. The Kier molecular flexibility index (Phi) is 3.27. The Balaban J connectivity index is 2.93. The summed E-state index contributed by atoms with van der Waals surface area (Å²) in [4.78, 5) is 3.21. The van der Waals surface area contributed by atoms with Gasteiger partial charge >= 0.3 is 0 Å². The molecular formula is C10H10FNO. The fourth-order valence-corrected chi connectivity index (χ4v) is 1.16. The summed E-state index contributed by atoms with van der Waals surface area (Å²) in [6, 6.07) is 4.74. The Hall–Kier alpha value is -1.56. The van der Waals surface area contributed by atoms with Gasteiger partial charge in [0.05, 0.1) is 7.11 Å². The van der Waals surface area contributed by atoms with E-state index in [1.54, 1.807) is 12.1 Å². The normalized spacial score (nSPS) is 9.31. The Morgan fingerprint density at radius 1 is 1.54 bits per heavy atom. The van der Waals surface area contributed by atoms with E-state index in [0.717, 1.165) is 5.56 Å². The fourth-order valence-electron chi connectivity index (χ4n) is 1.16. The zero-order valence-corrected chi connectivity index (χ0v) is 7.38. The number of ether oxygens (including phenoxy) is 1. The van der Waals surface area contributed by atoms with Crippen LogP contribution >= 0.6 is 0 Å². The van der Waals surface area contributed by atoms with E-state index in [1.165, 1.54) is 13.2 Å². The van der Waals surface area contributed by atoms with Crippen LogP contribution in [0.1, 0.15) is 5.56 Å². The zero-order chi connectivity index (χ0) is 9.68. The minimum atomic E-state index is -0.370. The molecule has 1 aromatic carbocycles. The van der Waals surface area contributed by atoms with Gasteiger partial charge in [-0.25, -0.2) is 11.0 Å². The van der Waals surface area contributed by atoms with Gasteiger partial charge in [-0.2, -0.15) is 0 Å². The molecule has 1 rings (SSSR count). The zero-order valence-electron chi connectivity index (χ0n) is 7.38. The summed E-state index contributed by atoms with van der Waals surface area (Å²) in [5.41, 5.74) is 0.749. The van der Waals surface area contributed by atoms with Gasteiger partial charge in [0.25, 0.3) is 0 Å². The molecule has 0 saturated carbocycles. The van der Waals surface area contributed by atoms with E-state index >= 15 is 0 Å². The van der Waals surface area contributed by atoms with Crippen molar-refractivity contribution in [3.8, 4) is 5.75 Å². The van der Waals surface area contributed by atoms with Crippen molar-refractivity contribution in [1.82, 2.24) is 0 Å². The number of benzene rings is 1. The lowest BCUT2D eigenvalue weighted by molar-refractivity contribution is 0.382. The van der Waals surface area contributed by atoms with Crippen molar-refractivity contribution in [2.24, 2.45) is 0 Å². The molecular weight excluding hydrogens is 169 g/mol. The molecule has 0 spiro atoms. The van der Waals surface area contributed by atoms with Crippen LogP contribution in [0.3, 0.4) is 0 Å². The van der Waals surface area contributed by atoms with Gasteiger partial charge in [-0.15, -0.1) is 0 Å². The first-order valence-electron chi connectivity index (χ1n) is 3.94. The molecule has 0 radical (unpaired) electrons. The third kappa shape index (κ3) is 2.19. The van der Waals surface area contributed by atoms with Crippen molar-refractivity contribution >= 4 is 0 Å². The van der Waals surface area contributed by atoms with Crippen LogP contribution in [0.2, 0.25) is 0 Å². The van der Waals surface area contributed by atoms with Crippen LogP contribution in [0, 0.1) is 12.4 Å². The molecule has 0 aromatic heterocycles. The van der Waals surface area contributed by atoms with Gasteiger partial charge in [0.15, 0.2) is 11.6 Å². The molecule has 1 aromatic rings. The summed E-state index contributed by atoms with van der Waals surface area (Å²) in [7, 11) is 1.43. The third-order valence-corrected chi connectivity index (χ3v) is 1.75. The Morgan fingerprint density at radius 2 is 2.31 bits per heavy atom. The van der Waals surface area contributed by atoms with Crippen LogP contribution in [0.25, 0.3) is 4.85 Å². The molecule has 13 heavy (non-hydrogen) atoms. The Labute approximate surface area is 76.8 Å². The predicted molar refractivity (Wildman–Crippen MR) is 48.1 cm³/mol. The molecule has 0 aliphatic heterocycles. The number of rotatable bonds is 3. The Morgan fingerprint density at radius 3 is 2.92 bits per heavy atom. The molecule has 0 amide bonds. The summed E-state index contributed by atoms with van der Waals surface area (Å²) < 4.78 is 18.0. The Bertz CT molecular complexity index is 330. The van der Waals surface area contributed by atoms with Crippen LogP contribution in [-0.2, 0) is 6.42 Å². The van der Waals surface area contributed by atoms with Gasteiger partial charge in [0, 0.05) is 12.0 Å². The van der Waals surface area contributed by atoms with Crippen LogP contribution in [0.4, 0.5) is 4.39 Å². The van der Waals surface area contributed by atoms with Gasteiger partial charge < -0.3 is 9.58 Å². The van der Waals surface area contributed by atoms with E-state index in [-0.39, 0.29) is 11.6 Å². The smallest absolute Gasteiger partial charge is 0.218 e. The highest BCUT2D eigenvalue weighted by Gasteiger charge is 2.08. The molecule has 0 aliphatic carbocycles. The van der Waals surface area contributed by atoms with E-state index in [2.05, 4.69) is 4.85 Å². The highest BCUT2D eigenvalue weighted by Crippen LogP contribution is 2.22. The lowest BCUT2D eigenvalue weighted by Crippen LogP contribution is -1.96. The number of methoxy groups -OCH3 is 1. The largest absolute Gasteiger partial charge is 0.493 e. The topological polar surface area (TPSA) is 13.6 Å². The minimum absolute atomic E-state index is 0.256. The predicted octanol–water partition coefficient (Wildman–Crippen LogP) is 2.30. The van der Waals surface area contributed by atoms with Crippen LogP contribution in [0.15, 0.2) is 18.2 Å². The maximum Gasteiger partial charge on any atom is 0.218 e. The molecule has 0 aliphatic rings. The molecule has 0 saturated heterocycles. The average molecular weight is 179 g/mol. The van der Waals surface area contributed by atoms with Gasteiger partial charge in [0.1, 0.15) is 0 Å². The van der Waals surface area contributed by atoms with Crippen LogP contribution < -0.4 is 4.74 Å². The highest BCUT2D eigenvalue weighted by atomic mass is 19.1. The maximum atomic E-state index is 13.1. The van der Waals surface area contributed by atoms with E-state index < -0.39 is 0 Å².